The highest BCUT2D eigenvalue weighted by molar-refractivity contribution is 5.96. The Morgan fingerprint density at radius 2 is 2.11 bits per heavy atom. The Hall–Kier alpha value is -0.860. The molecule has 3 nitrogen and oxygen atoms in total. The third kappa shape index (κ3) is 0.865. The van der Waals surface area contributed by atoms with E-state index < -0.39 is 5.41 Å². The maximum Gasteiger partial charge on any atom is 0.313 e. The molecule has 98 valence electrons. The molecule has 4 aliphatic carbocycles. The van der Waals surface area contributed by atoms with E-state index in [1.54, 1.807) is 0 Å². The van der Waals surface area contributed by atoms with Gasteiger partial charge in [-0.25, -0.2) is 0 Å². The Bertz CT molecular complexity index is 443. The summed E-state index contributed by atoms with van der Waals surface area (Å²) in [5.74, 6) is 1.74. The molecular weight excluding hydrogens is 228 g/mol. The second-order valence-corrected chi connectivity index (χ2v) is 6.68. The zero-order valence-electron chi connectivity index (χ0n) is 10.9. The molecule has 0 aromatic heterocycles. The molecule has 0 saturated heterocycles. The molecule has 0 bridgehead atoms. The van der Waals surface area contributed by atoms with E-state index in [4.69, 9.17) is 4.74 Å². The minimum Gasteiger partial charge on any atom is -0.466 e. The van der Waals surface area contributed by atoms with Gasteiger partial charge in [0.2, 0.25) is 0 Å². The molecule has 0 aliphatic heterocycles. The van der Waals surface area contributed by atoms with Crippen LogP contribution in [0.1, 0.15) is 45.4 Å². The maximum atomic E-state index is 12.5. The summed E-state index contributed by atoms with van der Waals surface area (Å²) < 4.78 is 5.36. The van der Waals surface area contributed by atoms with Gasteiger partial charge in [0.1, 0.15) is 5.78 Å². The molecule has 4 saturated carbocycles. The van der Waals surface area contributed by atoms with Gasteiger partial charge in [-0.3, -0.25) is 9.59 Å². The van der Waals surface area contributed by atoms with Gasteiger partial charge >= 0.3 is 5.97 Å². The molecule has 0 amide bonds. The van der Waals surface area contributed by atoms with Crippen LogP contribution in [0.4, 0.5) is 0 Å². The van der Waals surface area contributed by atoms with Gasteiger partial charge in [0.15, 0.2) is 0 Å². The van der Waals surface area contributed by atoms with Crippen molar-refractivity contribution in [3.63, 3.8) is 0 Å². The molecule has 0 aromatic rings. The van der Waals surface area contributed by atoms with Crippen molar-refractivity contribution in [3.05, 3.63) is 0 Å². The molecule has 0 heterocycles. The minimum atomic E-state index is -0.422. The van der Waals surface area contributed by atoms with Gasteiger partial charge in [0.05, 0.1) is 12.0 Å². The topological polar surface area (TPSA) is 43.4 Å². The average molecular weight is 248 g/mol. The van der Waals surface area contributed by atoms with Crippen LogP contribution in [0.2, 0.25) is 0 Å². The number of esters is 1. The Labute approximate surface area is 107 Å². The van der Waals surface area contributed by atoms with E-state index in [0.717, 1.165) is 19.3 Å². The molecule has 4 fully saturated rings. The van der Waals surface area contributed by atoms with Crippen molar-refractivity contribution in [1.82, 2.24) is 0 Å². The van der Waals surface area contributed by atoms with E-state index in [9.17, 15) is 9.59 Å². The number of ether oxygens (including phenoxy) is 1. The van der Waals surface area contributed by atoms with Crippen molar-refractivity contribution >= 4 is 11.8 Å². The molecule has 4 rings (SSSR count). The van der Waals surface area contributed by atoms with Crippen molar-refractivity contribution in [2.75, 3.05) is 6.61 Å². The smallest absolute Gasteiger partial charge is 0.313 e. The van der Waals surface area contributed by atoms with Gasteiger partial charge in [-0.05, 0) is 50.9 Å². The van der Waals surface area contributed by atoms with Crippen LogP contribution in [0.15, 0.2) is 0 Å². The summed E-state index contributed by atoms with van der Waals surface area (Å²) in [6, 6.07) is 0. The highest BCUT2D eigenvalue weighted by Crippen LogP contribution is 2.81. The van der Waals surface area contributed by atoms with Gasteiger partial charge in [0.25, 0.3) is 0 Å². The number of rotatable bonds is 2. The van der Waals surface area contributed by atoms with Gasteiger partial charge < -0.3 is 4.74 Å². The second-order valence-electron chi connectivity index (χ2n) is 6.68. The fourth-order valence-corrected chi connectivity index (χ4v) is 6.23. The van der Waals surface area contributed by atoms with E-state index in [1.165, 1.54) is 12.8 Å². The molecule has 3 heteroatoms. The summed E-state index contributed by atoms with van der Waals surface area (Å²) in [4.78, 5) is 24.8. The van der Waals surface area contributed by atoms with Crippen molar-refractivity contribution in [3.8, 4) is 0 Å². The van der Waals surface area contributed by atoms with Gasteiger partial charge in [-0.2, -0.15) is 0 Å². The van der Waals surface area contributed by atoms with Crippen LogP contribution >= 0.6 is 0 Å². The number of carbonyl (C=O) groups is 2. The lowest BCUT2D eigenvalue weighted by Gasteiger charge is -2.54. The normalized spacial score (nSPS) is 51.8. The predicted octanol–water partition coefficient (Wildman–Crippen LogP) is 2.33. The van der Waals surface area contributed by atoms with Crippen molar-refractivity contribution in [1.29, 1.82) is 0 Å². The summed E-state index contributed by atoms with van der Waals surface area (Å²) in [7, 11) is 0. The van der Waals surface area contributed by atoms with E-state index >= 15 is 0 Å². The zero-order chi connectivity index (χ0) is 12.5. The molecule has 1 spiro atoms. The largest absolute Gasteiger partial charge is 0.466 e. The first kappa shape index (κ1) is 11.0. The lowest BCUT2D eigenvalue weighted by Crippen LogP contribution is -2.56. The molecule has 18 heavy (non-hydrogen) atoms. The molecule has 0 radical (unpaired) electrons. The van der Waals surface area contributed by atoms with E-state index in [0.29, 0.717) is 30.6 Å². The summed E-state index contributed by atoms with van der Waals surface area (Å²) in [6.45, 7) is 2.30. The average Bonchev–Trinajstić information content (AvgIpc) is 2.83. The quantitative estimate of drug-likeness (QED) is 0.704. The predicted molar refractivity (Wildman–Crippen MR) is 64.7 cm³/mol. The lowest BCUT2D eigenvalue weighted by atomic mass is 9.47. The van der Waals surface area contributed by atoms with Gasteiger partial charge in [-0.15, -0.1) is 0 Å². The van der Waals surface area contributed by atoms with Crippen LogP contribution in [0.25, 0.3) is 0 Å². The van der Waals surface area contributed by atoms with Crippen molar-refractivity contribution in [2.45, 2.75) is 45.4 Å². The minimum absolute atomic E-state index is 0.0380. The molecule has 0 N–H and O–H groups in total. The monoisotopic (exact) mass is 248 g/mol. The fourth-order valence-electron chi connectivity index (χ4n) is 6.23. The molecule has 4 aliphatic rings. The van der Waals surface area contributed by atoms with Gasteiger partial charge in [-0.1, -0.05) is 0 Å². The molecule has 3 unspecified atom stereocenters. The summed E-state index contributed by atoms with van der Waals surface area (Å²) >= 11 is 0. The number of Topliss-reactive ketones (excluding diaryl/α,β-unsaturated/α-hetero) is 1. The Balaban J connectivity index is 1.83. The first-order valence-corrected chi connectivity index (χ1v) is 7.36. The molecule has 5 atom stereocenters. The van der Waals surface area contributed by atoms with Crippen LogP contribution in [-0.4, -0.2) is 18.4 Å². The Morgan fingerprint density at radius 1 is 1.33 bits per heavy atom. The maximum absolute atomic E-state index is 12.5. The first-order chi connectivity index (χ1) is 8.66. The summed E-state index contributed by atoms with van der Waals surface area (Å²) in [6.07, 6.45) is 6.03. The zero-order valence-corrected chi connectivity index (χ0v) is 10.9. The van der Waals surface area contributed by atoms with Crippen LogP contribution in [0.3, 0.4) is 0 Å². The SMILES string of the molecule is CCOC(=O)C12CCC3CC[C@@H]4C[C@@H](C(=O)C1)C342. The van der Waals surface area contributed by atoms with E-state index in [2.05, 4.69) is 0 Å². The third-order valence-electron chi connectivity index (χ3n) is 6.59. The number of hydrogen-bond acceptors (Lipinski definition) is 3. The van der Waals surface area contributed by atoms with E-state index in [-0.39, 0.29) is 17.3 Å². The van der Waals surface area contributed by atoms with Crippen LogP contribution < -0.4 is 0 Å². The summed E-state index contributed by atoms with van der Waals surface area (Å²) in [5, 5.41) is 0. The Kier molecular flexibility index (Phi) is 1.94. The second kappa shape index (κ2) is 3.17. The standard InChI is InChI=1S/C15H20O3/c1-2-18-13(17)14-6-5-9-3-4-10-7-11(12(16)8-14)15(9,10)14/h9-11H,2-8H2,1H3/t9?,10-,11+,14?,15?/m1/s1. The van der Waals surface area contributed by atoms with E-state index in [1.807, 2.05) is 6.92 Å². The van der Waals surface area contributed by atoms with Crippen molar-refractivity contribution in [2.24, 2.45) is 28.6 Å². The molecular formula is C15H20O3. The van der Waals surface area contributed by atoms with Crippen molar-refractivity contribution < 1.29 is 14.3 Å². The number of carbonyl (C=O) groups excluding carboxylic acids is 2. The van der Waals surface area contributed by atoms with Crippen LogP contribution in [0.5, 0.6) is 0 Å². The summed E-state index contributed by atoms with van der Waals surface area (Å²) in [5.41, 5.74) is -0.384. The fraction of sp³-hybridized carbons (Fsp3) is 0.867. The van der Waals surface area contributed by atoms with Crippen LogP contribution in [-0.2, 0) is 14.3 Å². The number of ketones is 1. The first-order valence-electron chi connectivity index (χ1n) is 7.36. The molecule has 0 aromatic carbocycles. The lowest BCUT2D eigenvalue weighted by molar-refractivity contribution is -0.175. The third-order valence-corrected chi connectivity index (χ3v) is 6.59. The van der Waals surface area contributed by atoms with Gasteiger partial charge in [0, 0.05) is 17.8 Å². The number of hydrogen-bond donors (Lipinski definition) is 0. The highest BCUT2D eigenvalue weighted by Gasteiger charge is 2.81. The highest BCUT2D eigenvalue weighted by atomic mass is 16.5. The van der Waals surface area contributed by atoms with Crippen LogP contribution in [0, 0.1) is 28.6 Å². The Morgan fingerprint density at radius 3 is 2.89 bits per heavy atom.